The molecule has 0 unspecified atom stereocenters. The summed E-state index contributed by atoms with van der Waals surface area (Å²) >= 11 is 1.42. The second-order valence-electron chi connectivity index (χ2n) is 7.80. The number of carbonyl (C=O) groups is 1. The van der Waals surface area contributed by atoms with E-state index in [-0.39, 0.29) is 17.4 Å². The number of hydrogen-bond donors (Lipinski definition) is 1. The van der Waals surface area contributed by atoms with Gasteiger partial charge in [-0.3, -0.25) is 4.79 Å². The fraction of sp³-hybridized carbons (Fsp3) is 0.273. The summed E-state index contributed by atoms with van der Waals surface area (Å²) in [6.45, 7) is 1.49. The van der Waals surface area contributed by atoms with Gasteiger partial charge in [-0.25, -0.2) is 13.4 Å². The van der Waals surface area contributed by atoms with Crippen LogP contribution in [0.2, 0.25) is 0 Å². The first kappa shape index (κ1) is 20.3. The van der Waals surface area contributed by atoms with Crippen LogP contribution in [0.4, 0.5) is 0 Å². The highest BCUT2D eigenvalue weighted by atomic mass is 32.2. The number of nitrogens with zero attached hydrogens (tertiary/aromatic N) is 3. The Morgan fingerprint density at radius 3 is 2.48 bits per heavy atom. The minimum Gasteiger partial charge on any atom is -0.395 e. The Morgan fingerprint density at radius 2 is 1.77 bits per heavy atom. The predicted octanol–water partition coefficient (Wildman–Crippen LogP) is 2.22. The zero-order valence-electron chi connectivity index (χ0n) is 16.6. The first-order valence-electron chi connectivity index (χ1n) is 9.95. The molecule has 1 N–H and O–H groups in total. The lowest BCUT2D eigenvalue weighted by Crippen LogP contribution is -2.52. The van der Waals surface area contributed by atoms with Gasteiger partial charge in [-0.15, -0.1) is 11.3 Å². The first-order chi connectivity index (χ1) is 15.0. The molecule has 7 nitrogen and oxygen atoms in total. The summed E-state index contributed by atoms with van der Waals surface area (Å²) in [5.41, 5.74) is 5.49. The standard InChI is InChI=1S/C22H21N3O4S2/c26-13-19(15-4-2-1-3-5-15)22(27)24-9-16(10-24)17-11-25(12-17)31(28,29)18-6-7-20-21(8-18)30-14-23-20/h1-8,14,19,26H,9-13H2/t19-/m1/s1. The maximum Gasteiger partial charge on any atom is 0.243 e. The first-order valence-corrected chi connectivity index (χ1v) is 12.3. The Bertz CT molecular complexity index is 1270. The summed E-state index contributed by atoms with van der Waals surface area (Å²) in [4.78, 5) is 18.9. The van der Waals surface area contributed by atoms with Crippen LogP contribution in [-0.4, -0.2) is 66.4 Å². The molecule has 2 saturated heterocycles. The smallest absolute Gasteiger partial charge is 0.243 e. The second-order valence-corrected chi connectivity index (χ2v) is 10.6. The molecule has 9 heteroatoms. The van der Waals surface area contributed by atoms with Crippen molar-refractivity contribution in [2.45, 2.75) is 10.8 Å². The number of aliphatic hydroxyl groups is 1. The minimum atomic E-state index is -3.54. The van der Waals surface area contributed by atoms with E-state index in [1.165, 1.54) is 15.6 Å². The van der Waals surface area contributed by atoms with Crippen LogP contribution in [0, 0.1) is 0 Å². The van der Waals surface area contributed by atoms with E-state index in [0.29, 0.717) is 26.2 Å². The van der Waals surface area contributed by atoms with Crippen LogP contribution in [0.25, 0.3) is 10.2 Å². The van der Waals surface area contributed by atoms with Crippen molar-refractivity contribution in [3.8, 4) is 0 Å². The van der Waals surface area contributed by atoms with Crippen molar-refractivity contribution >= 4 is 37.5 Å². The van der Waals surface area contributed by atoms with Crippen LogP contribution < -0.4 is 0 Å². The average Bonchev–Trinajstić information content (AvgIpc) is 3.17. The fourth-order valence-corrected chi connectivity index (χ4v) is 6.19. The lowest BCUT2D eigenvalue weighted by atomic mass is 9.92. The molecule has 31 heavy (non-hydrogen) atoms. The third-order valence-corrected chi connectivity index (χ3v) is 8.51. The molecule has 5 rings (SSSR count). The highest BCUT2D eigenvalue weighted by Crippen LogP contribution is 2.32. The van der Waals surface area contributed by atoms with E-state index in [1.54, 1.807) is 28.6 Å². The predicted molar refractivity (Wildman–Crippen MR) is 118 cm³/mol. The quantitative estimate of drug-likeness (QED) is 0.596. The Kier molecular flexibility index (Phi) is 5.13. The molecular formula is C22H21N3O4S2. The molecule has 3 heterocycles. The van der Waals surface area contributed by atoms with Crippen molar-refractivity contribution < 1.29 is 18.3 Å². The molecule has 2 fully saturated rings. The summed E-state index contributed by atoms with van der Waals surface area (Å²) in [5.74, 6) is -0.660. The highest BCUT2D eigenvalue weighted by molar-refractivity contribution is 7.89. The molecule has 160 valence electrons. The van der Waals surface area contributed by atoms with Crippen molar-refractivity contribution in [3.05, 3.63) is 70.8 Å². The summed E-state index contributed by atoms with van der Waals surface area (Å²) in [7, 11) is -3.54. The Morgan fingerprint density at radius 1 is 1.06 bits per heavy atom. The number of sulfonamides is 1. The number of rotatable bonds is 5. The van der Waals surface area contributed by atoms with E-state index in [4.69, 9.17) is 0 Å². The lowest BCUT2D eigenvalue weighted by molar-refractivity contribution is -0.135. The molecule has 0 aliphatic carbocycles. The molecule has 0 spiro atoms. The van der Waals surface area contributed by atoms with Gasteiger partial charge in [-0.05, 0) is 34.9 Å². The van der Waals surface area contributed by atoms with E-state index in [2.05, 4.69) is 4.98 Å². The average molecular weight is 456 g/mol. The SMILES string of the molecule is O=C([C@H](CO)c1ccccc1)N1CC(=C2CN(S(=O)(=O)c3ccc4ncsc4c3)C2)C1. The van der Waals surface area contributed by atoms with Crippen molar-refractivity contribution in [3.63, 3.8) is 0 Å². The maximum absolute atomic E-state index is 12.9. The van der Waals surface area contributed by atoms with Gasteiger partial charge in [0, 0.05) is 26.2 Å². The summed E-state index contributed by atoms with van der Waals surface area (Å²) in [6, 6.07) is 14.3. The molecule has 2 aliphatic rings. The van der Waals surface area contributed by atoms with Gasteiger partial charge in [0.05, 0.1) is 33.1 Å². The van der Waals surface area contributed by atoms with Crippen molar-refractivity contribution in [1.29, 1.82) is 0 Å². The van der Waals surface area contributed by atoms with Gasteiger partial charge in [0.25, 0.3) is 0 Å². The van der Waals surface area contributed by atoms with Gasteiger partial charge in [0.15, 0.2) is 0 Å². The Hall–Kier alpha value is -2.59. The number of thiazole rings is 1. The summed E-state index contributed by atoms with van der Waals surface area (Å²) in [5, 5.41) is 9.70. The van der Waals surface area contributed by atoms with Gasteiger partial charge in [0.2, 0.25) is 15.9 Å². The van der Waals surface area contributed by atoms with E-state index in [9.17, 15) is 18.3 Å². The van der Waals surface area contributed by atoms with Crippen LogP contribution in [0.1, 0.15) is 11.5 Å². The maximum atomic E-state index is 12.9. The lowest BCUT2D eigenvalue weighted by Gasteiger charge is -2.42. The Balaban J connectivity index is 1.23. The molecule has 1 atom stereocenters. The molecule has 0 radical (unpaired) electrons. The minimum absolute atomic E-state index is 0.0975. The number of carbonyl (C=O) groups excluding carboxylic acids is 1. The number of aromatic nitrogens is 1. The van der Waals surface area contributed by atoms with Crippen LogP contribution >= 0.6 is 11.3 Å². The van der Waals surface area contributed by atoms with E-state index >= 15 is 0 Å². The number of hydrogen-bond acceptors (Lipinski definition) is 6. The van der Waals surface area contributed by atoms with Gasteiger partial charge in [-0.2, -0.15) is 4.31 Å². The Labute approximate surface area is 184 Å². The third kappa shape index (κ3) is 3.57. The molecule has 0 saturated carbocycles. The zero-order chi connectivity index (χ0) is 21.6. The number of benzene rings is 2. The number of likely N-dealkylation sites (tertiary alicyclic amines) is 1. The number of amides is 1. The van der Waals surface area contributed by atoms with E-state index in [0.717, 1.165) is 26.9 Å². The molecular weight excluding hydrogens is 434 g/mol. The monoisotopic (exact) mass is 455 g/mol. The number of aliphatic hydroxyl groups excluding tert-OH is 1. The molecule has 3 aromatic rings. The summed E-state index contributed by atoms with van der Waals surface area (Å²) < 4.78 is 28.1. The highest BCUT2D eigenvalue weighted by Gasteiger charge is 2.39. The van der Waals surface area contributed by atoms with Crippen molar-refractivity contribution in [2.24, 2.45) is 0 Å². The normalized spacial score (nSPS) is 18.0. The van der Waals surface area contributed by atoms with E-state index in [1.807, 2.05) is 30.3 Å². The van der Waals surface area contributed by atoms with Crippen molar-refractivity contribution in [2.75, 3.05) is 32.8 Å². The summed E-state index contributed by atoms with van der Waals surface area (Å²) in [6.07, 6.45) is 0. The topological polar surface area (TPSA) is 90.8 Å². The van der Waals surface area contributed by atoms with Crippen LogP contribution in [0.3, 0.4) is 0 Å². The molecule has 0 bridgehead atoms. The van der Waals surface area contributed by atoms with Gasteiger partial charge in [-0.1, -0.05) is 30.3 Å². The van der Waals surface area contributed by atoms with Gasteiger partial charge in [0.1, 0.15) is 0 Å². The van der Waals surface area contributed by atoms with Crippen LogP contribution in [-0.2, 0) is 14.8 Å². The second kappa shape index (κ2) is 7.83. The van der Waals surface area contributed by atoms with Crippen molar-refractivity contribution in [1.82, 2.24) is 14.2 Å². The van der Waals surface area contributed by atoms with E-state index < -0.39 is 15.9 Å². The van der Waals surface area contributed by atoms with Gasteiger partial charge < -0.3 is 10.0 Å². The molecule has 2 aromatic carbocycles. The fourth-order valence-electron chi connectivity index (χ4n) is 3.94. The van der Waals surface area contributed by atoms with Crippen LogP contribution in [0.15, 0.2) is 70.1 Å². The molecule has 2 aliphatic heterocycles. The largest absolute Gasteiger partial charge is 0.395 e. The molecule has 1 amide bonds. The zero-order valence-corrected chi connectivity index (χ0v) is 18.3. The molecule has 1 aromatic heterocycles. The van der Waals surface area contributed by atoms with Gasteiger partial charge >= 0.3 is 0 Å². The van der Waals surface area contributed by atoms with Crippen LogP contribution in [0.5, 0.6) is 0 Å². The third-order valence-electron chi connectivity index (χ3n) is 5.93. The number of fused-ring (bicyclic) bond motifs is 1.